The molecule has 4 aromatic rings. The summed E-state index contributed by atoms with van der Waals surface area (Å²) in [5, 5.41) is 19.6. The molecule has 6 rings (SSSR count). The lowest BCUT2D eigenvalue weighted by atomic mass is 9.98. The second-order valence-corrected chi connectivity index (χ2v) is 9.83. The third-order valence-electron chi connectivity index (χ3n) is 6.84. The van der Waals surface area contributed by atoms with Gasteiger partial charge in [0.1, 0.15) is 17.1 Å². The minimum absolute atomic E-state index is 0.493. The first-order valence-electron chi connectivity index (χ1n) is 10.7. The van der Waals surface area contributed by atoms with Gasteiger partial charge in [0.05, 0.1) is 22.2 Å². The summed E-state index contributed by atoms with van der Waals surface area (Å²) in [6, 6.07) is 10.2. The van der Waals surface area contributed by atoms with E-state index in [0.717, 1.165) is 37.5 Å². The Labute approximate surface area is 184 Å². The summed E-state index contributed by atoms with van der Waals surface area (Å²) in [6.07, 6.45) is 8.78. The van der Waals surface area contributed by atoms with E-state index in [2.05, 4.69) is 39.5 Å². The van der Waals surface area contributed by atoms with Gasteiger partial charge in [-0.05, 0) is 50.9 Å². The third kappa shape index (κ3) is 3.16. The molecule has 7 nitrogen and oxygen atoms in total. The molecule has 3 atom stereocenters. The number of nitrogens with zero attached hydrogens (tertiary/aromatic N) is 6. The SMILES string of the molecule is CN1[C@@H]2CC[C@H]1CC(Nc1nc3cnc(-c4cc(C#N)c5nn(C)cc5c4)cc3s1)C2. The molecule has 0 amide bonds. The fourth-order valence-corrected chi connectivity index (χ4v) is 6.19. The molecule has 1 N–H and O–H groups in total. The molecule has 2 bridgehead atoms. The van der Waals surface area contributed by atoms with Crippen molar-refractivity contribution in [3.05, 3.63) is 36.2 Å². The molecule has 0 saturated carbocycles. The molecule has 2 saturated heterocycles. The monoisotopic (exact) mass is 429 g/mol. The number of thiazole rings is 1. The number of aryl methyl sites for hydroxylation is 1. The van der Waals surface area contributed by atoms with Crippen molar-refractivity contribution in [1.29, 1.82) is 5.26 Å². The van der Waals surface area contributed by atoms with E-state index >= 15 is 0 Å². The summed E-state index contributed by atoms with van der Waals surface area (Å²) >= 11 is 1.68. The van der Waals surface area contributed by atoms with Gasteiger partial charge in [0.25, 0.3) is 0 Å². The molecule has 156 valence electrons. The summed E-state index contributed by atoms with van der Waals surface area (Å²) < 4.78 is 2.84. The van der Waals surface area contributed by atoms with Gasteiger partial charge in [0, 0.05) is 42.3 Å². The predicted octanol–water partition coefficient (Wildman–Crippen LogP) is 4.15. The van der Waals surface area contributed by atoms with Crippen LogP contribution in [0.5, 0.6) is 0 Å². The van der Waals surface area contributed by atoms with Gasteiger partial charge >= 0.3 is 0 Å². The molecule has 31 heavy (non-hydrogen) atoms. The smallest absolute Gasteiger partial charge is 0.184 e. The lowest BCUT2D eigenvalue weighted by Gasteiger charge is -2.36. The van der Waals surface area contributed by atoms with Crippen LogP contribution >= 0.6 is 11.3 Å². The zero-order valence-corrected chi connectivity index (χ0v) is 18.4. The standard InChI is InChI=1S/C23H23N7S/c1-29-12-15-6-13(5-14(10-24)22(15)28-29)19-9-21-20(11-25-19)27-23(31-21)26-16-7-17-3-4-18(8-16)30(17)2/h5-6,9,11-12,16-18H,3-4,7-8H2,1-2H3,(H,26,27)/t16?,17-,18+. The topological polar surface area (TPSA) is 82.7 Å². The Kier molecular flexibility index (Phi) is 4.23. The molecule has 0 radical (unpaired) electrons. The van der Waals surface area contributed by atoms with Gasteiger partial charge in [0.2, 0.25) is 0 Å². The van der Waals surface area contributed by atoms with Crippen molar-refractivity contribution < 1.29 is 0 Å². The quantitative estimate of drug-likeness (QED) is 0.527. The predicted molar refractivity (Wildman–Crippen MR) is 123 cm³/mol. The number of pyridine rings is 1. The molecule has 1 aromatic carbocycles. The van der Waals surface area contributed by atoms with Crippen LogP contribution in [0.1, 0.15) is 31.2 Å². The highest BCUT2D eigenvalue weighted by atomic mass is 32.1. The molecule has 2 fully saturated rings. The van der Waals surface area contributed by atoms with E-state index in [1.165, 1.54) is 25.7 Å². The summed E-state index contributed by atoms with van der Waals surface area (Å²) in [5.41, 5.74) is 3.98. The fourth-order valence-electron chi connectivity index (χ4n) is 5.24. The molecule has 0 aliphatic carbocycles. The zero-order valence-electron chi connectivity index (χ0n) is 17.5. The third-order valence-corrected chi connectivity index (χ3v) is 7.79. The Balaban J connectivity index is 1.30. The van der Waals surface area contributed by atoms with Crippen molar-refractivity contribution in [2.45, 2.75) is 43.8 Å². The second kappa shape index (κ2) is 7.01. The van der Waals surface area contributed by atoms with Crippen LogP contribution in [0.3, 0.4) is 0 Å². The first kappa shape index (κ1) is 18.7. The highest BCUT2D eigenvalue weighted by Gasteiger charge is 2.38. The molecular weight excluding hydrogens is 406 g/mol. The van der Waals surface area contributed by atoms with Crippen molar-refractivity contribution in [2.24, 2.45) is 7.05 Å². The van der Waals surface area contributed by atoms with Crippen LogP contribution in [0.15, 0.2) is 30.6 Å². The summed E-state index contributed by atoms with van der Waals surface area (Å²) in [7, 11) is 4.14. The van der Waals surface area contributed by atoms with E-state index in [1.54, 1.807) is 16.0 Å². The van der Waals surface area contributed by atoms with E-state index in [0.29, 0.717) is 23.7 Å². The van der Waals surface area contributed by atoms with E-state index in [-0.39, 0.29) is 0 Å². The average Bonchev–Trinajstić information content (AvgIpc) is 3.38. The summed E-state index contributed by atoms with van der Waals surface area (Å²) in [5.74, 6) is 0. The number of nitrogens with one attached hydrogen (secondary N) is 1. The highest BCUT2D eigenvalue weighted by molar-refractivity contribution is 7.22. The van der Waals surface area contributed by atoms with Crippen LogP contribution < -0.4 is 5.32 Å². The minimum atomic E-state index is 0.493. The maximum absolute atomic E-state index is 9.57. The maximum atomic E-state index is 9.57. The largest absolute Gasteiger partial charge is 0.359 e. The molecule has 5 heterocycles. The highest BCUT2D eigenvalue weighted by Crippen LogP contribution is 2.37. The molecule has 0 spiro atoms. The van der Waals surface area contributed by atoms with Gasteiger partial charge in [-0.3, -0.25) is 9.67 Å². The Hall–Kier alpha value is -3.02. The Morgan fingerprint density at radius 3 is 2.74 bits per heavy atom. The molecule has 3 aromatic heterocycles. The van der Waals surface area contributed by atoms with Crippen LogP contribution in [-0.2, 0) is 7.05 Å². The molecule has 2 aliphatic rings. The van der Waals surface area contributed by atoms with E-state index in [4.69, 9.17) is 4.98 Å². The maximum Gasteiger partial charge on any atom is 0.184 e. The van der Waals surface area contributed by atoms with E-state index < -0.39 is 0 Å². The van der Waals surface area contributed by atoms with Gasteiger partial charge in [0.15, 0.2) is 5.13 Å². The number of hydrogen-bond acceptors (Lipinski definition) is 7. The number of benzene rings is 1. The van der Waals surface area contributed by atoms with Gasteiger partial charge in [-0.25, -0.2) is 4.98 Å². The fraction of sp³-hybridized carbons (Fsp3) is 0.391. The minimum Gasteiger partial charge on any atom is -0.359 e. The Morgan fingerprint density at radius 1 is 1.16 bits per heavy atom. The normalized spacial score (nSPS) is 23.5. The molecule has 2 aliphatic heterocycles. The second-order valence-electron chi connectivity index (χ2n) is 8.80. The molecular formula is C23H23N7S. The zero-order chi connectivity index (χ0) is 21.1. The van der Waals surface area contributed by atoms with Crippen molar-refractivity contribution >= 4 is 37.6 Å². The number of rotatable bonds is 3. The first-order valence-corrected chi connectivity index (χ1v) is 11.5. The van der Waals surface area contributed by atoms with Crippen molar-refractivity contribution in [2.75, 3.05) is 12.4 Å². The number of aromatic nitrogens is 4. The van der Waals surface area contributed by atoms with Crippen molar-refractivity contribution in [3.63, 3.8) is 0 Å². The van der Waals surface area contributed by atoms with Crippen LogP contribution in [0.4, 0.5) is 5.13 Å². The lowest BCUT2D eigenvalue weighted by Crippen LogP contribution is -2.44. The number of hydrogen-bond donors (Lipinski definition) is 1. The Morgan fingerprint density at radius 2 is 1.97 bits per heavy atom. The molecule has 8 heteroatoms. The number of fused-ring (bicyclic) bond motifs is 4. The lowest BCUT2D eigenvalue weighted by molar-refractivity contribution is 0.169. The average molecular weight is 430 g/mol. The summed E-state index contributed by atoms with van der Waals surface area (Å²) in [4.78, 5) is 12.0. The van der Waals surface area contributed by atoms with Gasteiger partial charge < -0.3 is 10.2 Å². The number of anilines is 1. The van der Waals surface area contributed by atoms with E-state index in [1.807, 2.05) is 31.6 Å². The summed E-state index contributed by atoms with van der Waals surface area (Å²) in [6.45, 7) is 0. The van der Waals surface area contributed by atoms with Gasteiger partial charge in [-0.15, -0.1) is 0 Å². The number of piperidine rings is 1. The van der Waals surface area contributed by atoms with Gasteiger partial charge in [-0.2, -0.15) is 10.4 Å². The molecule has 1 unspecified atom stereocenters. The van der Waals surface area contributed by atoms with Gasteiger partial charge in [-0.1, -0.05) is 11.3 Å². The van der Waals surface area contributed by atoms with Crippen LogP contribution in [-0.4, -0.2) is 49.8 Å². The number of nitriles is 1. The van der Waals surface area contributed by atoms with Crippen molar-refractivity contribution in [1.82, 2.24) is 24.6 Å². The van der Waals surface area contributed by atoms with Crippen LogP contribution in [0.25, 0.3) is 32.4 Å². The van der Waals surface area contributed by atoms with Crippen LogP contribution in [0, 0.1) is 11.3 Å². The first-order chi connectivity index (χ1) is 15.1. The van der Waals surface area contributed by atoms with E-state index in [9.17, 15) is 5.26 Å². The van der Waals surface area contributed by atoms with Crippen LogP contribution in [0.2, 0.25) is 0 Å². The van der Waals surface area contributed by atoms with Crippen molar-refractivity contribution in [3.8, 4) is 17.3 Å². The Bertz CT molecular complexity index is 1330.